The van der Waals surface area contributed by atoms with E-state index in [4.69, 9.17) is 0 Å². The molecule has 5 heteroatoms. The zero-order chi connectivity index (χ0) is 11.7. The third-order valence-electron chi connectivity index (χ3n) is 2.15. The zero-order valence-corrected chi connectivity index (χ0v) is 8.39. The highest BCUT2D eigenvalue weighted by Crippen LogP contribution is 2.24. The lowest BCUT2D eigenvalue weighted by Crippen LogP contribution is -2.29. The normalized spacial score (nSPS) is 21.5. The van der Waals surface area contributed by atoms with Crippen LogP contribution >= 0.6 is 0 Å². The lowest BCUT2D eigenvalue weighted by molar-refractivity contribution is -0.132. The molecule has 82 valence electrons. The van der Waals surface area contributed by atoms with Gasteiger partial charge in [0, 0.05) is 5.57 Å². The summed E-state index contributed by atoms with van der Waals surface area (Å²) in [5, 5.41) is 28.1. The van der Waals surface area contributed by atoms with Crippen LogP contribution in [0.5, 0.6) is 0 Å². The van der Waals surface area contributed by atoms with Gasteiger partial charge in [0.15, 0.2) is 0 Å². The smallest absolute Gasteiger partial charge is 0.235 e. The molecule has 2 unspecified atom stereocenters. The van der Waals surface area contributed by atoms with Crippen molar-refractivity contribution in [2.24, 2.45) is 0 Å². The minimum Gasteiger partial charge on any atom is -0.507 e. The number of carbonyl (C=O) groups is 2. The molecule has 0 radical (unpaired) electrons. The van der Waals surface area contributed by atoms with E-state index in [2.05, 4.69) is 0 Å². The van der Waals surface area contributed by atoms with E-state index in [1.165, 1.54) is 13.8 Å². The Morgan fingerprint density at radius 3 is 2.07 bits per heavy atom. The fourth-order valence-electron chi connectivity index (χ4n) is 1.38. The van der Waals surface area contributed by atoms with Gasteiger partial charge in [-0.3, -0.25) is 9.59 Å². The fourth-order valence-corrected chi connectivity index (χ4v) is 1.38. The third-order valence-corrected chi connectivity index (χ3v) is 2.15. The number of hydrogen-bond donors (Lipinski definition) is 3. The van der Waals surface area contributed by atoms with Crippen molar-refractivity contribution in [3.05, 3.63) is 23.0 Å². The van der Waals surface area contributed by atoms with Gasteiger partial charge in [-0.15, -0.1) is 0 Å². The van der Waals surface area contributed by atoms with Crippen molar-refractivity contribution in [3.63, 3.8) is 0 Å². The van der Waals surface area contributed by atoms with Crippen LogP contribution in [0.2, 0.25) is 0 Å². The highest BCUT2D eigenvalue weighted by atomic mass is 16.3. The highest BCUT2D eigenvalue weighted by Gasteiger charge is 2.32. The quantitative estimate of drug-likeness (QED) is 0.429. The predicted molar refractivity (Wildman–Crippen MR) is 51.1 cm³/mol. The second-order valence-corrected chi connectivity index (χ2v) is 3.41. The van der Waals surface area contributed by atoms with E-state index in [-0.39, 0.29) is 11.1 Å². The number of rotatable bonds is 2. The monoisotopic (exact) mass is 212 g/mol. The van der Waals surface area contributed by atoms with E-state index < -0.39 is 29.5 Å². The molecular formula is C10H12O5. The maximum atomic E-state index is 11.3. The van der Waals surface area contributed by atoms with Crippen LogP contribution < -0.4 is 0 Å². The van der Waals surface area contributed by atoms with Gasteiger partial charge in [-0.05, 0) is 19.9 Å². The molecule has 0 aliphatic heterocycles. The Kier molecular flexibility index (Phi) is 3.06. The van der Waals surface area contributed by atoms with Crippen molar-refractivity contribution in [2.45, 2.75) is 26.1 Å². The highest BCUT2D eigenvalue weighted by molar-refractivity contribution is 6.48. The molecule has 0 aromatic rings. The lowest BCUT2D eigenvalue weighted by atomic mass is 9.90. The summed E-state index contributed by atoms with van der Waals surface area (Å²) in [6.07, 6.45) is -1.44. The number of aliphatic hydroxyl groups is 3. The molecule has 0 saturated heterocycles. The molecule has 3 N–H and O–H groups in total. The number of allylic oxidation sites excluding steroid dienone is 1. The second-order valence-electron chi connectivity index (χ2n) is 3.41. The van der Waals surface area contributed by atoms with E-state index in [9.17, 15) is 24.9 Å². The van der Waals surface area contributed by atoms with Crippen molar-refractivity contribution in [1.29, 1.82) is 0 Å². The first-order valence-electron chi connectivity index (χ1n) is 4.46. The Balaban J connectivity index is 3.31. The first-order valence-corrected chi connectivity index (χ1v) is 4.46. The molecule has 5 nitrogen and oxygen atoms in total. The number of hydrogen-bond acceptors (Lipinski definition) is 5. The molecule has 0 fully saturated rings. The molecule has 15 heavy (non-hydrogen) atoms. The average molecular weight is 212 g/mol. The van der Waals surface area contributed by atoms with Gasteiger partial charge in [-0.25, -0.2) is 0 Å². The maximum absolute atomic E-state index is 11.3. The van der Waals surface area contributed by atoms with Crippen LogP contribution in [0.25, 0.3) is 0 Å². The molecule has 1 aliphatic carbocycles. The average Bonchev–Trinajstić information content (AvgIpc) is 2.10. The Bertz CT molecular complexity index is 373. The lowest BCUT2D eigenvalue weighted by Gasteiger charge is -2.19. The molecular weight excluding hydrogens is 200 g/mol. The molecule has 0 heterocycles. The summed E-state index contributed by atoms with van der Waals surface area (Å²) < 4.78 is 0. The number of ketones is 2. The number of carbonyl (C=O) groups excluding carboxylic acids is 2. The largest absolute Gasteiger partial charge is 0.507 e. The standard InChI is InChI=1S/C10H12O5/c1-4(11)6-3-7(13)10(15)8(5(2)12)9(6)14/h3-5,11-12,14H,1-2H3. The minimum absolute atomic E-state index is 0.0458. The van der Waals surface area contributed by atoms with Crippen molar-refractivity contribution in [1.82, 2.24) is 0 Å². The minimum atomic E-state index is -1.25. The van der Waals surface area contributed by atoms with Gasteiger partial charge >= 0.3 is 0 Å². The van der Waals surface area contributed by atoms with Gasteiger partial charge in [-0.2, -0.15) is 0 Å². The first-order chi connectivity index (χ1) is 6.86. The van der Waals surface area contributed by atoms with Gasteiger partial charge < -0.3 is 15.3 Å². The van der Waals surface area contributed by atoms with Crippen LogP contribution in [0.4, 0.5) is 0 Å². The Morgan fingerprint density at radius 1 is 1.13 bits per heavy atom. The van der Waals surface area contributed by atoms with Crippen LogP contribution in [0, 0.1) is 0 Å². The molecule has 0 saturated carbocycles. The van der Waals surface area contributed by atoms with E-state index in [1.54, 1.807) is 0 Å². The van der Waals surface area contributed by atoms with Crippen LogP contribution in [-0.2, 0) is 9.59 Å². The molecule has 1 rings (SSSR count). The van der Waals surface area contributed by atoms with Gasteiger partial charge in [0.1, 0.15) is 5.76 Å². The van der Waals surface area contributed by atoms with Crippen molar-refractivity contribution in [2.75, 3.05) is 0 Å². The molecule has 0 bridgehead atoms. The van der Waals surface area contributed by atoms with Gasteiger partial charge in [0.25, 0.3) is 0 Å². The van der Waals surface area contributed by atoms with Crippen molar-refractivity contribution >= 4 is 11.6 Å². The molecule has 0 aromatic heterocycles. The van der Waals surface area contributed by atoms with Crippen LogP contribution in [0.1, 0.15) is 13.8 Å². The molecule has 0 spiro atoms. The topological polar surface area (TPSA) is 94.8 Å². The third kappa shape index (κ3) is 1.98. The Hall–Kier alpha value is -1.46. The van der Waals surface area contributed by atoms with E-state index in [0.717, 1.165) is 6.08 Å². The summed E-state index contributed by atoms with van der Waals surface area (Å²) in [4.78, 5) is 22.5. The van der Waals surface area contributed by atoms with Gasteiger partial charge in [-0.1, -0.05) is 0 Å². The second kappa shape index (κ2) is 3.96. The molecule has 0 amide bonds. The van der Waals surface area contributed by atoms with Gasteiger partial charge in [0.05, 0.1) is 17.8 Å². The van der Waals surface area contributed by atoms with Crippen molar-refractivity contribution in [3.8, 4) is 0 Å². The SMILES string of the molecule is CC(O)C1=CC(=O)C(=O)C(C(C)O)=C1O. The Labute approximate surface area is 86.3 Å². The van der Waals surface area contributed by atoms with E-state index in [0.29, 0.717) is 0 Å². The molecule has 2 atom stereocenters. The maximum Gasteiger partial charge on any atom is 0.235 e. The van der Waals surface area contributed by atoms with E-state index in [1.807, 2.05) is 0 Å². The predicted octanol–water partition coefficient (Wildman–Crippen LogP) is -0.362. The van der Waals surface area contributed by atoms with Crippen LogP contribution in [0.15, 0.2) is 23.0 Å². The first kappa shape index (κ1) is 11.6. The van der Waals surface area contributed by atoms with E-state index >= 15 is 0 Å². The summed E-state index contributed by atoms with van der Waals surface area (Å²) in [6.45, 7) is 2.62. The summed E-state index contributed by atoms with van der Waals surface area (Å²) in [5.41, 5.74) is -0.408. The van der Waals surface area contributed by atoms with Crippen LogP contribution in [-0.4, -0.2) is 39.1 Å². The van der Waals surface area contributed by atoms with Crippen LogP contribution in [0.3, 0.4) is 0 Å². The fraction of sp³-hybridized carbons (Fsp3) is 0.400. The summed E-state index contributed by atoms with van der Waals surface area (Å²) in [5.74, 6) is -2.30. The zero-order valence-electron chi connectivity index (χ0n) is 8.39. The summed E-state index contributed by atoms with van der Waals surface area (Å²) >= 11 is 0. The number of aliphatic hydroxyl groups excluding tert-OH is 3. The van der Waals surface area contributed by atoms with Gasteiger partial charge in [0.2, 0.25) is 11.6 Å². The molecule has 1 aliphatic rings. The Morgan fingerprint density at radius 2 is 1.67 bits per heavy atom. The molecule has 0 aromatic carbocycles. The summed E-state index contributed by atoms with van der Waals surface area (Å²) in [6, 6.07) is 0. The number of Topliss-reactive ketones (excluding diaryl/α,β-unsaturated/α-hetero) is 1. The summed E-state index contributed by atoms with van der Waals surface area (Å²) in [7, 11) is 0. The van der Waals surface area contributed by atoms with Crippen molar-refractivity contribution < 1.29 is 24.9 Å².